The van der Waals surface area contributed by atoms with Crippen LogP contribution in [-0.4, -0.2) is 26.5 Å². The second-order valence-corrected chi connectivity index (χ2v) is 4.91. The van der Waals surface area contributed by atoms with Gasteiger partial charge in [0.1, 0.15) is 11.9 Å². The van der Waals surface area contributed by atoms with Crippen molar-refractivity contribution in [2.24, 2.45) is 13.0 Å². The number of carbonyl (C=O) groups excluding carboxylic acids is 1. The standard InChI is InChI=1S/C14H18N2O2/c1-9(2)14(18)12(17)8-13-15-10-6-4-5-7-11(10)16(13)3/h4-7,9,14,18H,8H2,1-3H3. The number of rotatable bonds is 4. The van der Waals surface area contributed by atoms with E-state index in [0.29, 0.717) is 5.82 Å². The van der Waals surface area contributed by atoms with Crippen molar-refractivity contribution in [3.8, 4) is 0 Å². The van der Waals surface area contributed by atoms with Crippen LogP contribution in [0.3, 0.4) is 0 Å². The quantitative estimate of drug-likeness (QED) is 0.893. The summed E-state index contributed by atoms with van der Waals surface area (Å²) in [6.07, 6.45) is -0.741. The van der Waals surface area contributed by atoms with Crippen LogP contribution in [0.25, 0.3) is 11.0 Å². The highest BCUT2D eigenvalue weighted by Gasteiger charge is 2.21. The van der Waals surface area contributed by atoms with Gasteiger partial charge in [-0.2, -0.15) is 0 Å². The van der Waals surface area contributed by atoms with Crippen molar-refractivity contribution in [2.75, 3.05) is 0 Å². The molecule has 0 spiro atoms. The SMILES string of the molecule is CC(C)C(O)C(=O)Cc1nc2ccccc2n1C. The topological polar surface area (TPSA) is 55.1 Å². The lowest BCUT2D eigenvalue weighted by Gasteiger charge is -2.12. The third-order valence-electron chi connectivity index (χ3n) is 3.17. The van der Waals surface area contributed by atoms with Gasteiger partial charge in [-0.25, -0.2) is 4.98 Å². The van der Waals surface area contributed by atoms with Gasteiger partial charge in [0, 0.05) is 7.05 Å². The normalized spacial score (nSPS) is 13.2. The van der Waals surface area contributed by atoms with Gasteiger partial charge in [-0.15, -0.1) is 0 Å². The largest absolute Gasteiger partial charge is 0.385 e. The molecule has 4 heteroatoms. The Morgan fingerprint density at radius 3 is 2.67 bits per heavy atom. The van der Waals surface area contributed by atoms with Gasteiger partial charge < -0.3 is 9.67 Å². The number of benzene rings is 1. The summed E-state index contributed by atoms with van der Waals surface area (Å²) >= 11 is 0. The summed E-state index contributed by atoms with van der Waals surface area (Å²) in [7, 11) is 1.89. The van der Waals surface area contributed by atoms with Gasteiger partial charge in [0.05, 0.1) is 17.5 Å². The fraction of sp³-hybridized carbons (Fsp3) is 0.429. The Labute approximate surface area is 106 Å². The molecule has 0 amide bonds. The van der Waals surface area contributed by atoms with E-state index in [-0.39, 0.29) is 18.1 Å². The number of carbonyl (C=O) groups is 1. The van der Waals surface area contributed by atoms with Crippen LogP contribution in [0, 0.1) is 5.92 Å². The summed E-state index contributed by atoms with van der Waals surface area (Å²) in [4.78, 5) is 16.3. The number of ketones is 1. The Balaban J connectivity index is 2.27. The number of aromatic nitrogens is 2. The van der Waals surface area contributed by atoms with Crippen molar-refractivity contribution < 1.29 is 9.90 Å². The van der Waals surface area contributed by atoms with Crippen molar-refractivity contribution in [1.82, 2.24) is 9.55 Å². The van der Waals surface area contributed by atoms with E-state index in [4.69, 9.17) is 0 Å². The molecule has 0 aliphatic heterocycles. The Hall–Kier alpha value is -1.68. The lowest BCUT2D eigenvalue weighted by atomic mass is 10.0. The number of hydrogen-bond donors (Lipinski definition) is 1. The molecule has 2 aromatic rings. The number of imidazole rings is 1. The first-order valence-electron chi connectivity index (χ1n) is 6.12. The van der Waals surface area contributed by atoms with Gasteiger partial charge in [-0.1, -0.05) is 26.0 Å². The fourth-order valence-corrected chi connectivity index (χ4v) is 1.99. The number of aliphatic hydroxyl groups is 1. The molecule has 96 valence electrons. The number of fused-ring (bicyclic) bond motifs is 1. The summed E-state index contributed by atoms with van der Waals surface area (Å²) in [6.45, 7) is 3.66. The molecule has 0 aliphatic carbocycles. The minimum atomic E-state index is -0.912. The number of hydrogen-bond acceptors (Lipinski definition) is 3. The molecule has 1 aromatic heterocycles. The molecule has 4 nitrogen and oxygen atoms in total. The molecular formula is C14H18N2O2. The first-order chi connectivity index (χ1) is 8.50. The van der Waals surface area contributed by atoms with E-state index in [1.807, 2.05) is 49.7 Å². The van der Waals surface area contributed by atoms with Gasteiger partial charge in [0.25, 0.3) is 0 Å². The molecule has 1 heterocycles. The van der Waals surface area contributed by atoms with E-state index in [0.717, 1.165) is 11.0 Å². The zero-order valence-electron chi connectivity index (χ0n) is 10.9. The third kappa shape index (κ3) is 2.29. The van der Waals surface area contributed by atoms with Crippen molar-refractivity contribution >= 4 is 16.8 Å². The zero-order valence-corrected chi connectivity index (χ0v) is 10.9. The van der Waals surface area contributed by atoms with Crippen LogP contribution in [0.5, 0.6) is 0 Å². The van der Waals surface area contributed by atoms with Gasteiger partial charge in [-0.05, 0) is 18.1 Å². The maximum Gasteiger partial charge on any atom is 0.169 e. The molecule has 0 saturated heterocycles. The number of aryl methyl sites for hydroxylation is 1. The Morgan fingerprint density at radius 2 is 2.06 bits per heavy atom. The Morgan fingerprint density at radius 1 is 1.39 bits per heavy atom. The monoisotopic (exact) mass is 246 g/mol. The smallest absolute Gasteiger partial charge is 0.169 e. The van der Waals surface area contributed by atoms with E-state index in [1.165, 1.54) is 0 Å². The van der Waals surface area contributed by atoms with Gasteiger partial charge in [-0.3, -0.25) is 4.79 Å². The Kier molecular flexibility index (Phi) is 3.48. The zero-order chi connectivity index (χ0) is 13.3. The average Bonchev–Trinajstić information content (AvgIpc) is 2.66. The number of Topliss-reactive ketones (excluding diaryl/α,β-unsaturated/α-hetero) is 1. The maximum absolute atomic E-state index is 11.9. The highest BCUT2D eigenvalue weighted by atomic mass is 16.3. The molecule has 1 atom stereocenters. The summed E-state index contributed by atoms with van der Waals surface area (Å²) in [6, 6.07) is 7.75. The molecule has 0 bridgehead atoms. The third-order valence-corrected chi connectivity index (χ3v) is 3.17. The van der Waals surface area contributed by atoms with E-state index < -0.39 is 6.10 Å². The van der Waals surface area contributed by atoms with Crippen molar-refractivity contribution in [2.45, 2.75) is 26.4 Å². The second-order valence-electron chi connectivity index (χ2n) is 4.91. The summed E-state index contributed by atoms with van der Waals surface area (Å²) < 4.78 is 1.90. The first-order valence-corrected chi connectivity index (χ1v) is 6.12. The predicted molar refractivity (Wildman–Crippen MR) is 70.3 cm³/mol. The highest BCUT2D eigenvalue weighted by molar-refractivity contribution is 5.86. The van der Waals surface area contributed by atoms with Gasteiger partial charge in [0.15, 0.2) is 5.78 Å². The lowest BCUT2D eigenvalue weighted by molar-refractivity contribution is -0.128. The average molecular weight is 246 g/mol. The van der Waals surface area contributed by atoms with E-state index in [9.17, 15) is 9.90 Å². The van der Waals surface area contributed by atoms with Crippen LogP contribution in [0.1, 0.15) is 19.7 Å². The second kappa shape index (κ2) is 4.90. The molecule has 1 aromatic carbocycles. The number of nitrogens with zero attached hydrogens (tertiary/aromatic N) is 2. The van der Waals surface area contributed by atoms with Gasteiger partial charge >= 0.3 is 0 Å². The van der Waals surface area contributed by atoms with Crippen LogP contribution in [-0.2, 0) is 18.3 Å². The van der Waals surface area contributed by atoms with Crippen LogP contribution in [0.4, 0.5) is 0 Å². The van der Waals surface area contributed by atoms with Crippen LogP contribution >= 0.6 is 0 Å². The van der Waals surface area contributed by atoms with Crippen molar-refractivity contribution in [1.29, 1.82) is 0 Å². The molecule has 0 aliphatic rings. The van der Waals surface area contributed by atoms with E-state index >= 15 is 0 Å². The van der Waals surface area contributed by atoms with Gasteiger partial charge in [0.2, 0.25) is 0 Å². The minimum absolute atomic E-state index is 0.0628. The predicted octanol–water partition coefficient (Wildman–Crippen LogP) is 1.70. The lowest BCUT2D eigenvalue weighted by Crippen LogP contribution is -2.28. The van der Waals surface area contributed by atoms with Crippen LogP contribution in [0.2, 0.25) is 0 Å². The molecule has 0 saturated carbocycles. The maximum atomic E-state index is 11.9. The summed E-state index contributed by atoms with van der Waals surface area (Å²) in [5.41, 5.74) is 1.88. The van der Waals surface area contributed by atoms with Crippen LogP contribution < -0.4 is 0 Å². The fourth-order valence-electron chi connectivity index (χ4n) is 1.99. The van der Waals surface area contributed by atoms with E-state index in [1.54, 1.807) is 0 Å². The Bertz CT molecular complexity index is 572. The molecule has 18 heavy (non-hydrogen) atoms. The highest BCUT2D eigenvalue weighted by Crippen LogP contribution is 2.15. The summed E-state index contributed by atoms with van der Waals surface area (Å²) in [5.74, 6) is 0.455. The van der Waals surface area contributed by atoms with E-state index in [2.05, 4.69) is 4.98 Å². The van der Waals surface area contributed by atoms with Crippen LogP contribution in [0.15, 0.2) is 24.3 Å². The van der Waals surface area contributed by atoms with Crippen molar-refractivity contribution in [3.63, 3.8) is 0 Å². The number of para-hydroxylation sites is 2. The summed E-state index contributed by atoms with van der Waals surface area (Å²) in [5, 5.41) is 9.74. The first kappa shape index (κ1) is 12.8. The number of aliphatic hydroxyl groups excluding tert-OH is 1. The molecule has 0 radical (unpaired) electrons. The molecule has 2 rings (SSSR count). The molecular weight excluding hydrogens is 228 g/mol. The minimum Gasteiger partial charge on any atom is -0.385 e. The molecule has 1 N–H and O–H groups in total. The van der Waals surface area contributed by atoms with Crippen molar-refractivity contribution in [3.05, 3.63) is 30.1 Å². The molecule has 0 fully saturated rings. The molecule has 1 unspecified atom stereocenters.